The number of carbonyl (C=O) groups excluding carboxylic acids is 1. The van der Waals surface area contributed by atoms with Gasteiger partial charge >= 0.3 is 0 Å². The lowest BCUT2D eigenvalue weighted by Gasteiger charge is -2.22. The standard InChI is InChI=1S/C14H6Cl4O2S/c1-5(19)12-8(17)3-10-14(13(12)18)21-11-4-7(16)6(15)2-9(11)20-10/h2-4H,1H3. The van der Waals surface area contributed by atoms with Crippen LogP contribution in [-0.2, 0) is 0 Å². The van der Waals surface area contributed by atoms with Crippen molar-refractivity contribution >= 4 is 63.9 Å². The number of benzene rings is 2. The third kappa shape index (κ3) is 2.62. The van der Waals surface area contributed by atoms with Gasteiger partial charge in [0.1, 0.15) is 11.5 Å². The molecule has 0 aromatic heterocycles. The Morgan fingerprint density at radius 3 is 2.29 bits per heavy atom. The fourth-order valence-electron chi connectivity index (χ4n) is 1.97. The molecule has 0 atom stereocenters. The van der Waals surface area contributed by atoms with E-state index in [2.05, 4.69) is 0 Å². The van der Waals surface area contributed by atoms with E-state index in [1.54, 1.807) is 18.2 Å². The van der Waals surface area contributed by atoms with Crippen LogP contribution in [0.1, 0.15) is 17.3 Å². The molecule has 2 aromatic carbocycles. The van der Waals surface area contributed by atoms with E-state index in [9.17, 15) is 4.79 Å². The average molecular weight is 380 g/mol. The first-order valence-corrected chi connectivity index (χ1v) is 8.09. The maximum Gasteiger partial charge on any atom is 0.162 e. The summed E-state index contributed by atoms with van der Waals surface area (Å²) < 4.78 is 5.77. The van der Waals surface area contributed by atoms with Gasteiger partial charge in [0.05, 0.1) is 35.4 Å². The van der Waals surface area contributed by atoms with Gasteiger partial charge in [-0.1, -0.05) is 58.2 Å². The van der Waals surface area contributed by atoms with Gasteiger partial charge in [-0.3, -0.25) is 4.79 Å². The summed E-state index contributed by atoms with van der Waals surface area (Å²) in [5, 5.41) is 1.37. The Labute approximate surface area is 145 Å². The molecular weight excluding hydrogens is 374 g/mol. The second-order valence-electron chi connectivity index (χ2n) is 4.35. The van der Waals surface area contributed by atoms with Crippen molar-refractivity contribution in [1.29, 1.82) is 0 Å². The van der Waals surface area contributed by atoms with E-state index in [4.69, 9.17) is 51.1 Å². The highest BCUT2D eigenvalue weighted by molar-refractivity contribution is 7.99. The van der Waals surface area contributed by atoms with Crippen molar-refractivity contribution in [3.63, 3.8) is 0 Å². The third-order valence-corrected chi connectivity index (χ3v) is 5.57. The first kappa shape index (κ1) is 15.3. The number of rotatable bonds is 1. The van der Waals surface area contributed by atoms with E-state index in [0.717, 1.165) is 4.90 Å². The molecule has 7 heteroatoms. The van der Waals surface area contributed by atoms with Gasteiger partial charge in [-0.25, -0.2) is 0 Å². The highest BCUT2D eigenvalue weighted by Crippen LogP contribution is 2.53. The Morgan fingerprint density at radius 2 is 1.62 bits per heavy atom. The maximum atomic E-state index is 11.7. The molecule has 108 valence electrons. The summed E-state index contributed by atoms with van der Waals surface area (Å²) in [4.78, 5) is 13.1. The smallest absolute Gasteiger partial charge is 0.162 e. The molecule has 0 radical (unpaired) electrons. The summed E-state index contributed by atoms with van der Waals surface area (Å²) in [7, 11) is 0. The number of Topliss-reactive ketones (excluding diaryl/α,β-unsaturated/α-hetero) is 1. The van der Waals surface area contributed by atoms with E-state index >= 15 is 0 Å². The maximum absolute atomic E-state index is 11.7. The number of hydrogen-bond donors (Lipinski definition) is 0. The topological polar surface area (TPSA) is 26.3 Å². The Hall–Kier alpha value is -0.580. The molecule has 2 aromatic rings. The van der Waals surface area contributed by atoms with Crippen molar-refractivity contribution in [3.8, 4) is 11.5 Å². The van der Waals surface area contributed by atoms with Crippen molar-refractivity contribution in [2.24, 2.45) is 0 Å². The van der Waals surface area contributed by atoms with Crippen LogP contribution in [0.25, 0.3) is 0 Å². The van der Waals surface area contributed by atoms with Gasteiger partial charge in [0, 0.05) is 12.1 Å². The van der Waals surface area contributed by atoms with Gasteiger partial charge in [0.15, 0.2) is 5.78 Å². The van der Waals surface area contributed by atoms with E-state index in [1.165, 1.54) is 18.7 Å². The number of ketones is 1. The summed E-state index contributed by atoms with van der Waals surface area (Å²) in [6, 6.07) is 4.92. The Kier molecular flexibility index (Phi) is 4.06. The molecule has 1 aliphatic rings. The highest BCUT2D eigenvalue weighted by atomic mass is 35.5. The van der Waals surface area contributed by atoms with Crippen LogP contribution in [-0.4, -0.2) is 5.78 Å². The Morgan fingerprint density at radius 1 is 1.00 bits per heavy atom. The molecular formula is C14H6Cl4O2S. The van der Waals surface area contributed by atoms with Crippen LogP contribution < -0.4 is 4.74 Å². The van der Waals surface area contributed by atoms with Gasteiger partial charge in [0.25, 0.3) is 0 Å². The minimum Gasteiger partial charge on any atom is -0.455 e. The van der Waals surface area contributed by atoms with Crippen LogP contribution in [0.15, 0.2) is 28.0 Å². The minimum atomic E-state index is -0.201. The van der Waals surface area contributed by atoms with Gasteiger partial charge in [0.2, 0.25) is 0 Å². The second-order valence-corrected chi connectivity index (χ2v) is 7.00. The SMILES string of the molecule is CC(=O)c1c(Cl)cc2c(c1Cl)Sc1cc(Cl)c(Cl)cc1O2. The van der Waals surface area contributed by atoms with E-state index in [1.807, 2.05) is 0 Å². The number of ether oxygens (including phenoxy) is 1. The van der Waals surface area contributed by atoms with Crippen LogP contribution in [0.2, 0.25) is 20.1 Å². The zero-order chi connectivity index (χ0) is 15.3. The Bertz CT molecular complexity index is 789. The van der Waals surface area contributed by atoms with Crippen LogP contribution >= 0.6 is 58.2 Å². The lowest BCUT2D eigenvalue weighted by Crippen LogP contribution is -2.02. The van der Waals surface area contributed by atoms with Crippen LogP contribution in [0.4, 0.5) is 0 Å². The first-order valence-electron chi connectivity index (χ1n) is 5.76. The third-order valence-electron chi connectivity index (χ3n) is 2.91. The quantitative estimate of drug-likeness (QED) is 0.437. The van der Waals surface area contributed by atoms with Gasteiger partial charge in [-0.15, -0.1) is 0 Å². The van der Waals surface area contributed by atoms with E-state index < -0.39 is 0 Å². The average Bonchev–Trinajstić information content (AvgIpc) is 2.38. The fraction of sp³-hybridized carbons (Fsp3) is 0.0714. The van der Waals surface area contributed by atoms with Gasteiger partial charge in [-0.2, -0.15) is 0 Å². The van der Waals surface area contributed by atoms with Crippen LogP contribution in [0.3, 0.4) is 0 Å². The summed E-state index contributed by atoms with van der Waals surface area (Å²) in [5.41, 5.74) is 0.289. The van der Waals surface area contributed by atoms with Crippen molar-refractivity contribution in [1.82, 2.24) is 0 Å². The molecule has 0 aliphatic carbocycles. The minimum absolute atomic E-state index is 0.201. The molecule has 1 heterocycles. The predicted octanol–water partition coefficient (Wildman–Crippen LogP) is 6.76. The molecule has 0 unspecified atom stereocenters. The molecule has 1 aliphatic heterocycles. The number of halogens is 4. The predicted molar refractivity (Wildman–Crippen MR) is 87.1 cm³/mol. The summed E-state index contributed by atoms with van der Waals surface area (Å²) >= 11 is 25.8. The molecule has 2 nitrogen and oxygen atoms in total. The number of carbonyl (C=O) groups is 1. The van der Waals surface area contributed by atoms with Crippen molar-refractivity contribution in [2.45, 2.75) is 16.7 Å². The molecule has 0 amide bonds. The van der Waals surface area contributed by atoms with E-state index in [-0.39, 0.29) is 21.4 Å². The zero-order valence-electron chi connectivity index (χ0n) is 10.5. The second kappa shape index (κ2) is 5.56. The van der Waals surface area contributed by atoms with Crippen molar-refractivity contribution in [3.05, 3.63) is 43.9 Å². The fourth-order valence-corrected chi connectivity index (χ4v) is 4.16. The Balaban J connectivity index is 2.18. The molecule has 3 rings (SSSR count). The lowest BCUT2D eigenvalue weighted by atomic mass is 10.1. The molecule has 0 bridgehead atoms. The monoisotopic (exact) mass is 378 g/mol. The first-order chi connectivity index (χ1) is 9.88. The molecule has 0 saturated heterocycles. The van der Waals surface area contributed by atoms with E-state index in [0.29, 0.717) is 26.4 Å². The number of fused-ring (bicyclic) bond motifs is 2. The number of hydrogen-bond acceptors (Lipinski definition) is 3. The molecule has 0 saturated carbocycles. The van der Waals surface area contributed by atoms with Crippen molar-refractivity contribution < 1.29 is 9.53 Å². The summed E-state index contributed by atoms with van der Waals surface area (Å²) in [6.07, 6.45) is 0. The zero-order valence-corrected chi connectivity index (χ0v) is 14.3. The molecule has 0 N–H and O–H groups in total. The highest BCUT2D eigenvalue weighted by Gasteiger charge is 2.26. The molecule has 0 spiro atoms. The summed E-state index contributed by atoms with van der Waals surface area (Å²) in [6.45, 7) is 1.42. The largest absolute Gasteiger partial charge is 0.455 e. The van der Waals surface area contributed by atoms with Gasteiger partial charge in [-0.05, 0) is 13.0 Å². The normalized spacial score (nSPS) is 12.4. The lowest BCUT2D eigenvalue weighted by molar-refractivity contribution is 0.101. The molecule has 0 fully saturated rings. The molecule has 21 heavy (non-hydrogen) atoms. The van der Waals surface area contributed by atoms with Crippen molar-refractivity contribution in [2.75, 3.05) is 0 Å². The van der Waals surface area contributed by atoms with Crippen LogP contribution in [0.5, 0.6) is 11.5 Å². The summed E-state index contributed by atoms with van der Waals surface area (Å²) in [5.74, 6) is 0.865. The van der Waals surface area contributed by atoms with Crippen LogP contribution in [0, 0.1) is 0 Å². The van der Waals surface area contributed by atoms with Gasteiger partial charge < -0.3 is 4.74 Å².